The summed E-state index contributed by atoms with van der Waals surface area (Å²) in [4.78, 5) is 10.8. The fraction of sp³-hybridized carbons (Fsp3) is 0.250. The van der Waals surface area contributed by atoms with Gasteiger partial charge in [0.15, 0.2) is 0 Å². The number of benzene rings is 1. The molecule has 0 radical (unpaired) electrons. The molecule has 80 valence electrons. The molecule has 0 aliphatic carbocycles. The summed E-state index contributed by atoms with van der Waals surface area (Å²) in [7, 11) is 1.34. The van der Waals surface area contributed by atoms with Gasteiger partial charge in [-0.25, -0.2) is 4.79 Å². The van der Waals surface area contributed by atoms with Crippen molar-refractivity contribution in [3.8, 4) is 0 Å². The zero-order chi connectivity index (χ0) is 11.1. The van der Waals surface area contributed by atoms with Crippen molar-refractivity contribution in [3.63, 3.8) is 0 Å². The molecule has 0 amide bonds. The van der Waals surface area contributed by atoms with Crippen molar-refractivity contribution in [3.05, 3.63) is 41.5 Å². The lowest BCUT2D eigenvalue weighted by atomic mass is 10.1. The Hall–Kier alpha value is -1.61. The van der Waals surface area contributed by atoms with Crippen LogP contribution in [0.2, 0.25) is 0 Å². The Morgan fingerprint density at radius 3 is 2.60 bits per heavy atom. The van der Waals surface area contributed by atoms with Crippen molar-refractivity contribution in [2.75, 3.05) is 13.7 Å². The first-order valence-corrected chi connectivity index (χ1v) is 4.72. The second-order valence-electron chi connectivity index (χ2n) is 3.07. The van der Waals surface area contributed by atoms with E-state index in [1.165, 1.54) is 13.2 Å². The molecule has 0 saturated carbocycles. The number of rotatable bonds is 4. The van der Waals surface area contributed by atoms with Crippen molar-refractivity contribution >= 4 is 12.0 Å². The topological polar surface area (TPSA) is 46.5 Å². The molecule has 3 nitrogen and oxygen atoms in total. The van der Waals surface area contributed by atoms with Gasteiger partial charge in [0.25, 0.3) is 0 Å². The second-order valence-corrected chi connectivity index (χ2v) is 3.07. The third-order valence-electron chi connectivity index (χ3n) is 1.99. The van der Waals surface area contributed by atoms with E-state index in [0.29, 0.717) is 6.42 Å². The van der Waals surface area contributed by atoms with Crippen molar-refractivity contribution in [1.82, 2.24) is 0 Å². The molecular weight excluding hydrogens is 192 g/mol. The number of carbonyl (C=O) groups excluding carboxylic acids is 1. The van der Waals surface area contributed by atoms with E-state index in [-0.39, 0.29) is 12.6 Å². The van der Waals surface area contributed by atoms with E-state index in [0.717, 1.165) is 11.1 Å². The Bertz CT molecular complexity index is 338. The number of ether oxygens (including phenoxy) is 1. The minimum absolute atomic E-state index is 0.150. The van der Waals surface area contributed by atoms with Gasteiger partial charge in [-0.3, -0.25) is 0 Å². The average Bonchev–Trinajstić information content (AvgIpc) is 2.28. The van der Waals surface area contributed by atoms with E-state index in [4.69, 9.17) is 5.11 Å². The summed E-state index contributed by atoms with van der Waals surface area (Å²) in [5, 5.41) is 8.72. The van der Waals surface area contributed by atoms with Gasteiger partial charge in [0, 0.05) is 12.7 Å². The van der Waals surface area contributed by atoms with Crippen LogP contribution in [-0.2, 0) is 16.0 Å². The Balaban J connectivity index is 2.64. The minimum atomic E-state index is -0.366. The quantitative estimate of drug-likeness (QED) is 0.598. The number of esters is 1. The molecule has 0 atom stereocenters. The summed E-state index contributed by atoms with van der Waals surface area (Å²) >= 11 is 0. The average molecular weight is 206 g/mol. The fourth-order valence-corrected chi connectivity index (χ4v) is 1.16. The highest BCUT2D eigenvalue weighted by Gasteiger charge is 1.93. The van der Waals surface area contributed by atoms with Gasteiger partial charge < -0.3 is 9.84 Å². The summed E-state index contributed by atoms with van der Waals surface area (Å²) in [6.45, 7) is 0.150. The van der Waals surface area contributed by atoms with Gasteiger partial charge in [-0.15, -0.1) is 0 Å². The van der Waals surface area contributed by atoms with E-state index in [2.05, 4.69) is 4.74 Å². The Morgan fingerprint density at radius 1 is 1.40 bits per heavy atom. The predicted molar refractivity (Wildman–Crippen MR) is 58.3 cm³/mol. The standard InChI is InChI=1S/C12H14O3/c1-15-12(14)7-6-10-2-4-11(5-3-10)8-9-13/h2-7,13H,8-9H2,1H3. The molecule has 0 unspecified atom stereocenters. The van der Waals surface area contributed by atoms with E-state index in [1.807, 2.05) is 24.3 Å². The number of hydrogen-bond acceptors (Lipinski definition) is 3. The molecule has 0 bridgehead atoms. The van der Waals surface area contributed by atoms with Crippen LogP contribution in [0.5, 0.6) is 0 Å². The van der Waals surface area contributed by atoms with Crippen LogP contribution in [0.15, 0.2) is 30.3 Å². The zero-order valence-electron chi connectivity index (χ0n) is 8.64. The van der Waals surface area contributed by atoms with Crippen molar-refractivity contribution < 1.29 is 14.6 Å². The van der Waals surface area contributed by atoms with Crippen LogP contribution in [0.1, 0.15) is 11.1 Å². The molecule has 0 saturated heterocycles. The molecule has 0 spiro atoms. The van der Waals surface area contributed by atoms with Gasteiger partial charge in [0.2, 0.25) is 0 Å². The lowest BCUT2D eigenvalue weighted by Gasteiger charge is -1.98. The van der Waals surface area contributed by atoms with Crippen LogP contribution in [-0.4, -0.2) is 24.8 Å². The van der Waals surface area contributed by atoms with Crippen molar-refractivity contribution in [1.29, 1.82) is 0 Å². The van der Waals surface area contributed by atoms with E-state index in [1.54, 1.807) is 6.08 Å². The number of aliphatic hydroxyl groups excluding tert-OH is 1. The van der Waals surface area contributed by atoms with Gasteiger partial charge in [-0.2, -0.15) is 0 Å². The first-order chi connectivity index (χ1) is 7.26. The second kappa shape index (κ2) is 5.98. The highest BCUT2D eigenvalue weighted by Crippen LogP contribution is 2.06. The lowest BCUT2D eigenvalue weighted by Crippen LogP contribution is -1.93. The van der Waals surface area contributed by atoms with Crippen LogP contribution in [0.3, 0.4) is 0 Å². The highest BCUT2D eigenvalue weighted by molar-refractivity contribution is 5.86. The fourth-order valence-electron chi connectivity index (χ4n) is 1.16. The van der Waals surface area contributed by atoms with Gasteiger partial charge in [-0.1, -0.05) is 24.3 Å². The molecule has 0 aliphatic rings. The number of hydrogen-bond donors (Lipinski definition) is 1. The first kappa shape index (κ1) is 11.5. The van der Waals surface area contributed by atoms with Crippen LogP contribution in [0, 0.1) is 0 Å². The third-order valence-corrected chi connectivity index (χ3v) is 1.99. The maximum atomic E-state index is 10.8. The van der Waals surface area contributed by atoms with Crippen LogP contribution >= 0.6 is 0 Å². The lowest BCUT2D eigenvalue weighted by molar-refractivity contribution is -0.134. The van der Waals surface area contributed by atoms with E-state index >= 15 is 0 Å². The molecule has 1 aromatic carbocycles. The van der Waals surface area contributed by atoms with Crippen molar-refractivity contribution in [2.45, 2.75) is 6.42 Å². The van der Waals surface area contributed by atoms with Gasteiger partial charge in [-0.05, 0) is 23.6 Å². The maximum absolute atomic E-state index is 10.8. The van der Waals surface area contributed by atoms with Crippen LogP contribution in [0.25, 0.3) is 6.08 Å². The first-order valence-electron chi connectivity index (χ1n) is 4.72. The Kier molecular flexibility index (Phi) is 4.57. The molecule has 15 heavy (non-hydrogen) atoms. The maximum Gasteiger partial charge on any atom is 0.330 e. The summed E-state index contributed by atoms with van der Waals surface area (Å²) < 4.78 is 4.48. The summed E-state index contributed by atoms with van der Waals surface area (Å²) in [6.07, 6.45) is 3.72. The minimum Gasteiger partial charge on any atom is -0.466 e. The molecule has 0 aromatic heterocycles. The molecular formula is C12H14O3. The SMILES string of the molecule is COC(=O)C=Cc1ccc(CCO)cc1. The molecule has 3 heteroatoms. The highest BCUT2D eigenvalue weighted by atomic mass is 16.5. The van der Waals surface area contributed by atoms with E-state index < -0.39 is 0 Å². The summed E-state index contributed by atoms with van der Waals surface area (Å²) in [5.74, 6) is -0.366. The van der Waals surface area contributed by atoms with Crippen LogP contribution in [0.4, 0.5) is 0 Å². The largest absolute Gasteiger partial charge is 0.466 e. The molecule has 1 rings (SSSR count). The monoisotopic (exact) mass is 206 g/mol. The molecule has 0 fully saturated rings. The van der Waals surface area contributed by atoms with Gasteiger partial charge in [0.05, 0.1) is 7.11 Å². The van der Waals surface area contributed by atoms with Gasteiger partial charge in [0.1, 0.15) is 0 Å². The molecule has 0 heterocycles. The number of methoxy groups -OCH3 is 1. The molecule has 1 aromatic rings. The molecule has 0 aliphatic heterocycles. The Labute approximate surface area is 89.0 Å². The molecule has 1 N–H and O–H groups in total. The normalized spacial score (nSPS) is 10.5. The number of aliphatic hydroxyl groups is 1. The van der Waals surface area contributed by atoms with Crippen molar-refractivity contribution in [2.24, 2.45) is 0 Å². The zero-order valence-corrected chi connectivity index (χ0v) is 8.64. The smallest absolute Gasteiger partial charge is 0.330 e. The van der Waals surface area contributed by atoms with Crippen LogP contribution < -0.4 is 0 Å². The predicted octanol–water partition coefficient (Wildman–Crippen LogP) is 1.41. The summed E-state index contributed by atoms with van der Waals surface area (Å²) in [5.41, 5.74) is 2.01. The summed E-state index contributed by atoms with van der Waals surface area (Å²) in [6, 6.07) is 7.63. The Morgan fingerprint density at radius 2 is 2.07 bits per heavy atom. The van der Waals surface area contributed by atoms with Gasteiger partial charge >= 0.3 is 5.97 Å². The third kappa shape index (κ3) is 3.95. The van der Waals surface area contributed by atoms with E-state index in [9.17, 15) is 4.79 Å². The number of carbonyl (C=O) groups is 1.